The second-order valence-corrected chi connectivity index (χ2v) is 5.81. The maximum atomic E-state index is 12.4. The van der Waals surface area contributed by atoms with Crippen molar-refractivity contribution in [3.63, 3.8) is 0 Å². The van der Waals surface area contributed by atoms with Crippen molar-refractivity contribution in [2.24, 2.45) is 4.99 Å². The largest absolute Gasteiger partial charge is 0.294 e. The molecule has 3 heterocycles. The highest BCUT2D eigenvalue weighted by Crippen LogP contribution is 2.32. The van der Waals surface area contributed by atoms with E-state index in [1.165, 1.54) is 0 Å². The molecule has 6 nitrogen and oxygen atoms in total. The lowest BCUT2D eigenvalue weighted by atomic mass is 9.97. The first-order valence-corrected chi connectivity index (χ1v) is 7.77. The molecule has 0 atom stereocenters. The molecule has 0 fully saturated rings. The number of terminal acetylenes is 1. The van der Waals surface area contributed by atoms with E-state index in [-0.39, 0.29) is 12.2 Å². The highest BCUT2D eigenvalue weighted by Gasteiger charge is 2.23. The van der Waals surface area contributed by atoms with Crippen molar-refractivity contribution in [2.45, 2.75) is 6.42 Å². The van der Waals surface area contributed by atoms with Crippen molar-refractivity contribution in [1.82, 2.24) is 19.7 Å². The lowest BCUT2D eigenvalue weighted by Gasteiger charge is -2.15. The van der Waals surface area contributed by atoms with Crippen LogP contribution in [0.25, 0.3) is 5.82 Å². The molecule has 7 heteroatoms. The first-order chi connectivity index (χ1) is 12.2. The number of benzene rings is 1. The number of imidazole rings is 1. The minimum Gasteiger partial charge on any atom is -0.294 e. The number of carbonyl (C=O) groups is 1. The molecule has 25 heavy (non-hydrogen) atoms. The average molecular weight is 348 g/mol. The van der Waals surface area contributed by atoms with E-state index >= 15 is 0 Å². The molecule has 1 aliphatic rings. The van der Waals surface area contributed by atoms with Gasteiger partial charge in [-0.2, -0.15) is 0 Å². The molecule has 1 aliphatic heterocycles. The third-order valence-electron chi connectivity index (χ3n) is 3.84. The third kappa shape index (κ3) is 2.71. The van der Waals surface area contributed by atoms with Crippen LogP contribution in [0.5, 0.6) is 0 Å². The van der Waals surface area contributed by atoms with Gasteiger partial charge in [-0.15, -0.1) is 16.6 Å². The normalized spacial score (nSPS) is 13.1. The van der Waals surface area contributed by atoms with Crippen molar-refractivity contribution in [3.05, 3.63) is 64.8 Å². The molecule has 0 N–H and O–H groups in total. The maximum absolute atomic E-state index is 12.4. The second-order valence-electron chi connectivity index (χ2n) is 5.40. The smallest absolute Gasteiger partial charge is 0.171 e. The molecule has 120 valence electrons. The van der Waals surface area contributed by atoms with Gasteiger partial charge in [0.1, 0.15) is 12.0 Å². The summed E-state index contributed by atoms with van der Waals surface area (Å²) in [6, 6.07) is 6.78. The van der Waals surface area contributed by atoms with Crippen LogP contribution in [0.2, 0.25) is 5.02 Å². The summed E-state index contributed by atoms with van der Waals surface area (Å²) in [4.78, 5) is 20.9. The number of ketones is 1. The van der Waals surface area contributed by atoms with E-state index < -0.39 is 0 Å². The van der Waals surface area contributed by atoms with Crippen LogP contribution >= 0.6 is 11.6 Å². The van der Waals surface area contributed by atoms with Gasteiger partial charge in [0.25, 0.3) is 0 Å². The molecule has 2 aromatic heterocycles. The van der Waals surface area contributed by atoms with Gasteiger partial charge in [-0.05, 0) is 24.3 Å². The lowest BCUT2D eigenvalue weighted by molar-refractivity contribution is 0.1000. The van der Waals surface area contributed by atoms with Crippen molar-refractivity contribution in [1.29, 1.82) is 0 Å². The van der Waals surface area contributed by atoms with Crippen molar-refractivity contribution < 1.29 is 4.79 Å². The van der Waals surface area contributed by atoms with Gasteiger partial charge < -0.3 is 0 Å². The number of hydrogen-bond acceptors (Lipinski definition) is 5. The van der Waals surface area contributed by atoms with Gasteiger partial charge in [0.15, 0.2) is 11.6 Å². The molecule has 0 saturated heterocycles. The molecule has 0 amide bonds. The number of aromatic nitrogens is 4. The van der Waals surface area contributed by atoms with Crippen molar-refractivity contribution >= 4 is 28.8 Å². The Bertz CT molecular complexity index is 1050. The number of carbonyl (C=O) groups excluding carboxylic acids is 1. The molecule has 0 bridgehead atoms. The van der Waals surface area contributed by atoms with Crippen LogP contribution in [0.3, 0.4) is 0 Å². The molecule has 4 rings (SSSR count). The van der Waals surface area contributed by atoms with Crippen LogP contribution in [0, 0.1) is 12.3 Å². The molecule has 0 unspecified atom stereocenters. The fourth-order valence-electron chi connectivity index (χ4n) is 2.58. The molecule has 1 aromatic carbocycles. The Morgan fingerprint density at radius 3 is 2.80 bits per heavy atom. The minimum absolute atomic E-state index is 0.0778. The van der Waals surface area contributed by atoms with E-state index in [9.17, 15) is 4.79 Å². The van der Waals surface area contributed by atoms with Crippen LogP contribution in [-0.2, 0) is 0 Å². The summed E-state index contributed by atoms with van der Waals surface area (Å²) in [6.07, 6.45) is 10.6. The van der Waals surface area contributed by atoms with E-state index in [4.69, 9.17) is 18.0 Å². The summed E-state index contributed by atoms with van der Waals surface area (Å²) in [7, 11) is 0. The zero-order chi connectivity index (χ0) is 17.4. The topological polar surface area (TPSA) is 73.0 Å². The monoisotopic (exact) mass is 347 g/mol. The van der Waals surface area contributed by atoms with E-state index in [0.717, 1.165) is 0 Å². The van der Waals surface area contributed by atoms with E-state index in [2.05, 4.69) is 26.1 Å². The average Bonchev–Trinajstić information content (AvgIpc) is 3.16. The summed E-state index contributed by atoms with van der Waals surface area (Å²) in [5.74, 6) is 3.04. The van der Waals surface area contributed by atoms with Gasteiger partial charge in [-0.1, -0.05) is 17.5 Å². The maximum Gasteiger partial charge on any atom is 0.171 e. The Morgan fingerprint density at radius 2 is 2.12 bits per heavy atom. The molecule has 0 saturated carbocycles. The molecule has 0 spiro atoms. The number of halogens is 1. The highest BCUT2D eigenvalue weighted by atomic mass is 35.5. The Morgan fingerprint density at radius 1 is 1.24 bits per heavy atom. The lowest BCUT2D eigenvalue weighted by Crippen LogP contribution is -2.16. The summed E-state index contributed by atoms with van der Waals surface area (Å²) in [5.41, 5.74) is 2.56. The number of hydrogen-bond donors (Lipinski definition) is 0. The summed E-state index contributed by atoms with van der Waals surface area (Å²) in [5, 5.41) is 8.70. The Balaban J connectivity index is 1.74. The molecular formula is C18H10ClN5O. The van der Waals surface area contributed by atoms with E-state index in [0.29, 0.717) is 39.1 Å². The molecular weight excluding hydrogens is 338 g/mol. The van der Waals surface area contributed by atoms with Crippen LogP contribution < -0.4 is 0 Å². The van der Waals surface area contributed by atoms with Crippen molar-refractivity contribution in [2.75, 3.05) is 0 Å². The highest BCUT2D eigenvalue weighted by molar-refractivity contribution is 6.33. The summed E-state index contributed by atoms with van der Waals surface area (Å²) < 4.78 is 1.74. The zero-order valence-electron chi connectivity index (χ0n) is 12.8. The number of nitrogens with zero attached hydrogens (tertiary/aromatic N) is 5. The standard InChI is InChI=1S/C18H10ClN5O/c1-2-11-7-15-12(8-13(11)19)17(25)9-16(21-15)14-3-4-18(23-22-14)24-6-5-20-10-24/h1,3-8,10H,9H2. The van der Waals surface area contributed by atoms with Crippen LogP contribution in [0.4, 0.5) is 5.69 Å². The van der Waals surface area contributed by atoms with Gasteiger partial charge in [0, 0.05) is 23.5 Å². The first-order valence-electron chi connectivity index (χ1n) is 7.39. The van der Waals surface area contributed by atoms with E-state index in [1.807, 2.05) is 0 Å². The summed E-state index contributed by atoms with van der Waals surface area (Å²) >= 11 is 6.07. The fourth-order valence-corrected chi connectivity index (χ4v) is 2.80. The number of Topliss-reactive ketones (excluding diaryl/α,β-unsaturated/α-hetero) is 1. The predicted molar refractivity (Wildman–Crippen MR) is 93.7 cm³/mol. The SMILES string of the molecule is C#Cc1cc2c(cc1Cl)C(=O)CC(c1ccc(-n3ccnc3)nn1)=N2. The second kappa shape index (κ2) is 5.96. The van der Waals surface area contributed by atoms with E-state index in [1.54, 1.807) is 47.6 Å². The van der Waals surface area contributed by atoms with Gasteiger partial charge in [0.05, 0.1) is 22.8 Å². The number of aliphatic imine (C=N–C) groups is 1. The third-order valence-corrected chi connectivity index (χ3v) is 4.15. The Hall–Kier alpha value is -3.30. The van der Waals surface area contributed by atoms with Crippen LogP contribution in [0.1, 0.15) is 28.0 Å². The van der Waals surface area contributed by atoms with Gasteiger partial charge in [-0.3, -0.25) is 9.36 Å². The number of rotatable bonds is 2. The molecule has 0 radical (unpaired) electrons. The Kier molecular flexibility index (Phi) is 3.64. The zero-order valence-corrected chi connectivity index (χ0v) is 13.6. The molecule has 3 aromatic rings. The molecule has 0 aliphatic carbocycles. The van der Waals surface area contributed by atoms with Crippen LogP contribution in [0.15, 0.2) is 48.0 Å². The fraction of sp³-hybridized carbons (Fsp3) is 0.0556. The minimum atomic E-state index is -0.0778. The van der Waals surface area contributed by atoms with Crippen LogP contribution in [-0.4, -0.2) is 31.2 Å². The first kappa shape index (κ1) is 15.2. The van der Waals surface area contributed by atoms with Gasteiger partial charge in [0.2, 0.25) is 0 Å². The summed E-state index contributed by atoms with van der Waals surface area (Å²) in [6.45, 7) is 0. The quantitative estimate of drug-likeness (QED) is 0.668. The van der Waals surface area contributed by atoms with Gasteiger partial charge in [-0.25, -0.2) is 9.98 Å². The Labute approximate surface area is 148 Å². The number of fused-ring (bicyclic) bond motifs is 1. The van der Waals surface area contributed by atoms with Crippen molar-refractivity contribution in [3.8, 4) is 18.2 Å². The van der Waals surface area contributed by atoms with Gasteiger partial charge >= 0.3 is 0 Å². The predicted octanol–water partition coefficient (Wildman–Crippen LogP) is 3.00.